The SMILES string of the molecule is COc1ccc(C(C)(C)C)cc1/C(O)=C1\C(=O)C(=O)N(c2ccc(C(F)(F)F)cc2)C1c1sccc1C. The number of aliphatic hydroxyl groups is 1. The first kappa shape index (κ1) is 26.5. The van der Waals surface area contributed by atoms with Crippen LogP contribution in [0.2, 0.25) is 0 Å². The van der Waals surface area contributed by atoms with Gasteiger partial charge < -0.3 is 9.84 Å². The van der Waals surface area contributed by atoms with Crippen molar-refractivity contribution in [2.45, 2.75) is 45.3 Å². The molecule has 0 saturated carbocycles. The number of aliphatic hydroxyl groups excluding tert-OH is 1. The van der Waals surface area contributed by atoms with Gasteiger partial charge in [0.25, 0.3) is 11.7 Å². The van der Waals surface area contributed by atoms with Crippen molar-refractivity contribution in [3.63, 3.8) is 0 Å². The smallest absolute Gasteiger partial charge is 0.416 e. The lowest BCUT2D eigenvalue weighted by Crippen LogP contribution is -2.29. The molecular weight excluding hydrogens is 503 g/mol. The number of carbonyl (C=O) groups excluding carboxylic acids is 2. The minimum atomic E-state index is -4.55. The number of benzene rings is 2. The van der Waals surface area contributed by atoms with Crippen molar-refractivity contribution in [1.82, 2.24) is 0 Å². The van der Waals surface area contributed by atoms with Crippen LogP contribution in [0.4, 0.5) is 18.9 Å². The summed E-state index contributed by atoms with van der Waals surface area (Å²) >= 11 is 1.29. The van der Waals surface area contributed by atoms with Gasteiger partial charge in [-0.3, -0.25) is 14.5 Å². The Morgan fingerprint density at radius 3 is 2.14 bits per heavy atom. The predicted molar refractivity (Wildman–Crippen MR) is 137 cm³/mol. The molecular formula is C28H26F3NO4S. The van der Waals surface area contributed by atoms with Crippen LogP contribution in [0.1, 0.15) is 53.9 Å². The molecule has 5 nitrogen and oxygen atoms in total. The Labute approximate surface area is 216 Å². The molecule has 1 fully saturated rings. The maximum Gasteiger partial charge on any atom is 0.416 e. The molecule has 1 N–H and O–H groups in total. The van der Waals surface area contributed by atoms with E-state index in [2.05, 4.69) is 0 Å². The Kier molecular flexibility index (Phi) is 6.71. The van der Waals surface area contributed by atoms with E-state index in [0.29, 0.717) is 10.6 Å². The number of amides is 1. The fourth-order valence-electron chi connectivity index (χ4n) is 4.33. The van der Waals surface area contributed by atoms with Gasteiger partial charge in [-0.1, -0.05) is 26.8 Å². The first-order chi connectivity index (χ1) is 17.3. The molecule has 0 radical (unpaired) electrons. The second-order valence-electron chi connectivity index (χ2n) is 9.85. The lowest BCUT2D eigenvalue weighted by molar-refractivity contribution is -0.137. The van der Waals surface area contributed by atoms with Crippen LogP contribution >= 0.6 is 11.3 Å². The number of alkyl halides is 3. The molecule has 2 heterocycles. The maximum atomic E-state index is 13.4. The molecule has 1 atom stereocenters. The average Bonchev–Trinajstić information content (AvgIpc) is 3.37. The topological polar surface area (TPSA) is 66.8 Å². The van der Waals surface area contributed by atoms with E-state index in [4.69, 9.17) is 4.74 Å². The summed E-state index contributed by atoms with van der Waals surface area (Å²) in [5.74, 6) is -1.97. The molecule has 2 aromatic carbocycles. The molecule has 0 aliphatic carbocycles. The number of methoxy groups -OCH3 is 1. The summed E-state index contributed by atoms with van der Waals surface area (Å²) < 4.78 is 44.9. The zero-order valence-corrected chi connectivity index (χ0v) is 21.8. The molecule has 37 heavy (non-hydrogen) atoms. The zero-order chi connectivity index (χ0) is 27.3. The Hall–Kier alpha value is -3.59. The van der Waals surface area contributed by atoms with Crippen molar-refractivity contribution in [2.75, 3.05) is 12.0 Å². The third-order valence-corrected chi connectivity index (χ3v) is 7.46. The molecule has 4 rings (SSSR count). The average molecular weight is 530 g/mol. The normalized spacial score (nSPS) is 17.9. The van der Waals surface area contributed by atoms with Crippen LogP contribution in [0.3, 0.4) is 0 Å². The van der Waals surface area contributed by atoms with E-state index in [0.717, 1.165) is 40.3 Å². The minimum absolute atomic E-state index is 0.113. The van der Waals surface area contributed by atoms with Crippen molar-refractivity contribution in [2.24, 2.45) is 0 Å². The second-order valence-corrected chi connectivity index (χ2v) is 10.8. The lowest BCUT2D eigenvalue weighted by atomic mass is 9.85. The number of ketones is 1. The Balaban J connectivity index is 1.96. The number of hydrogen-bond donors (Lipinski definition) is 1. The number of ether oxygens (including phenoxy) is 1. The Morgan fingerprint density at radius 2 is 1.62 bits per heavy atom. The monoisotopic (exact) mass is 529 g/mol. The predicted octanol–water partition coefficient (Wildman–Crippen LogP) is 7.01. The lowest BCUT2D eigenvalue weighted by Gasteiger charge is -2.26. The molecule has 1 aliphatic heterocycles. The summed E-state index contributed by atoms with van der Waals surface area (Å²) in [6.07, 6.45) is -4.55. The Morgan fingerprint density at radius 1 is 1.00 bits per heavy atom. The van der Waals surface area contributed by atoms with E-state index in [1.165, 1.54) is 18.4 Å². The van der Waals surface area contributed by atoms with Crippen molar-refractivity contribution >= 4 is 34.5 Å². The Bertz CT molecular complexity index is 1400. The van der Waals surface area contributed by atoms with Crippen molar-refractivity contribution < 1.29 is 32.6 Å². The van der Waals surface area contributed by atoms with Gasteiger partial charge in [-0.2, -0.15) is 13.2 Å². The minimum Gasteiger partial charge on any atom is -0.507 e. The van der Waals surface area contributed by atoms with Crippen LogP contribution in [-0.4, -0.2) is 23.9 Å². The molecule has 0 spiro atoms. The summed E-state index contributed by atoms with van der Waals surface area (Å²) in [5.41, 5.74) is 0.699. The van der Waals surface area contributed by atoms with Gasteiger partial charge in [0.1, 0.15) is 17.6 Å². The number of nitrogens with zero attached hydrogens (tertiary/aromatic N) is 1. The first-order valence-corrected chi connectivity index (χ1v) is 12.3. The number of rotatable bonds is 4. The van der Waals surface area contributed by atoms with E-state index in [1.54, 1.807) is 24.4 Å². The zero-order valence-electron chi connectivity index (χ0n) is 20.9. The van der Waals surface area contributed by atoms with Gasteiger partial charge in [-0.05, 0) is 71.3 Å². The summed E-state index contributed by atoms with van der Waals surface area (Å²) in [6.45, 7) is 7.80. The maximum absolute atomic E-state index is 13.4. The molecule has 1 aliphatic rings. The number of Topliss-reactive ketones (excluding diaryl/α,β-unsaturated/α-hetero) is 1. The van der Waals surface area contributed by atoms with Crippen molar-refractivity contribution in [3.05, 3.63) is 86.6 Å². The number of anilines is 1. The van der Waals surface area contributed by atoms with Gasteiger partial charge in [0.15, 0.2) is 0 Å². The number of hydrogen-bond acceptors (Lipinski definition) is 5. The van der Waals surface area contributed by atoms with Gasteiger partial charge in [-0.25, -0.2) is 0 Å². The van der Waals surface area contributed by atoms with Gasteiger partial charge in [-0.15, -0.1) is 11.3 Å². The van der Waals surface area contributed by atoms with Crippen LogP contribution < -0.4 is 9.64 Å². The van der Waals surface area contributed by atoms with Crippen LogP contribution in [0.5, 0.6) is 5.75 Å². The molecule has 9 heteroatoms. The van der Waals surface area contributed by atoms with Gasteiger partial charge >= 0.3 is 6.18 Å². The fourth-order valence-corrected chi connectivity index (χ4v) is 5.35. The molecule has 1 aromatic heterocycles. The summed E-state index contributed by atoms with van der Waals surface area (Å²) in [4.78, 5) is 28.5. The highest BCUT2D eigenvalue weighted by atomic mass is 32.1. The van der Waals surface area contributed by atoms with Gasteiger partial charge in [0, 0.05) is 10.6 Å². The molecule has 3 aromatic rings. The number of aryl methyl sites for hydroxylation is 1. The van der Waals surface area contributed by atoms with E-state index in [9.17, 15) is 27.9 Å². The fraction of sp³-hybridized carbons (Fsp3) is 0.286. The van der Waals surface area contributed by atoms with Crippen LogP contribution in [-0.2, 0) is 21.2 Å². The number of carbonyl (C=O) groups is 2. The van der Waals surface area contributed by atoms with Crippen LogP contribution in [0.25, 0.3) is 5.76 Å². The van der Waals surface area contributed by atoms with E-state index >= 15 is 0 Å². The summed E-state index contributed by atoms with van der Waals surface area (Å²) in [5, 5.41) is 13.3. The third kappa shape index (κ3) is 4.75. The standard InChI is InChI=1S/C28H26F3NO4S/c1-15-12-13-37-25(15)22-21(23(33)19-14-17(27(2,3)4)8-11-20(19)36-5)24(34)26(35)32(22)18-9-6-16(7-10-18)28(29,30)31/h6-14,22,33H,1-5H3/b23-21+. The van der Waals surface area contributed by atoms with Gasteiger partial charge in [0.2, 0.25) is 0 Å². The van der Waals surface area contributed by atoms with Crippen molar-refractivity contribution in [3.8, 4) is 5.75 Å². The molecule has 1 unspecified atom stereocenters. The van der Waals surface area contributed by atoms with E-state index in [1.807, 2.05) is 32.9 Å². The van der Waals surface area contributed by atoms with Crippen molar-refractivity contribution in [1.29, 1.82) is 0 Å². The number of thiophene rings is 1. The highest BCUT2D eigenvalue weighted by Gasteiger charge is 2.48. The largest absolute Gasteiger partial charge is 0.507 e. The molecule has 0 bridgehead atoms. The highest BCUT2D eigenvalue weighted by molar-refractivity contribution is 7.10. The first-order valence-electron chi connectivity index (χ1n) is 11.5. The number of halogens is 3. The van der Waals surface area contributed by atoms with E-state index < -0.39 is 35.2 Å². The van der Waals surface area contributed by atoms with Crippen LogP contribution in [0.15, 0.2) is 59.5 Å². The molecule has 1 saturated heterocycles. The molecule has 1 amide bonds. The quantitative estimate of drug-likeness (QED) is 0.224. The van der Waals surface area contributed by atoms with Gasteiger partial charge in [0.05, 0.1) is 23.8 Å². The second kappa shape index (κ2) is 9.37. The highest BCUT2D eigenvalue weighted by Crippen LogP contribution is 2.46. The molecule has 194 valence electrons. The summed E-state index contributed by atoms with van der Waals surface area (Å²) in [6, 6.07) is 10.1. The van der Waals surface area contributed by atoms with E-state index in [-0.39, 0.29) is 22.2 Å². The summed E-state index contributed by atoms with van der Waals surface area (Å²) in [7, 11) is 1.44. The van der Waals surface area contributed by atoms with Crippen LogP contribution in [0, 0.1) is 6.92 Å². The third-order valence-electron chi connectivity index (χ3n) is 6.39.